The predicted molar refractivity (Wildman–Crippen MR) is 102 cm³/mol. The largest absolute Gasteiger partial charge is 0.496 e. The molecule has 1 aliphatic rings. The molecule has 0 aromatic heterocycles. The molecule has 0 spiro atoms. The normalized spacial score (nSPS) is 16.2. The van der Waals surface area contributed by atoms with Crippen LogP contribution in [0.4, 0.5) is 4.39 Å². The van der Waals surface area contributed by atoms with Gasteiger partial charge in [-0.25, -0.2) is 4.39 Å². The number of nitrogens with one attached hydrogen (secondary N) is 1. The van der Waals surface area contributed by atoms with Gasteiger partial charge in [-0.1, -0.05) is 18.2 Å². The second-order valence-electron chi connectivity index (χ2n) is 6.63. The summed E-state index contributed by atoms with van der Waals surface area (Å²) in [4.78, 5) is 26.8. The van der Waals surface area contributed by atoms with Gasteiger partial charge in [-0.15, -0.1) is 0 Å². The quantitative estimate of drug-likeness (QED) is 0.794. The highest BCUT2D eigenvalue weighted by atomic mass is 19.1. The average molecular weight is 386 g/mol. The van der Waals surface area contributed by atoms with Gasteiger partial charge in [0.25, 0.3) is 5.91 Å². The molecule has 1 N–H and O–H groups in total. The van der Waals surface area contributed by atoms with Crippen LogP contribution in [0.5, 0.6) is 11.5 Å². The number of rotatable bonds is 7. The Balaban J connectivity index is 1.61. The molecule has 1 atom stereocenters. The molecule has 1 saturated heterocycles. The Morgan fingerprint density at radius 1 is 1.14 bits per heavy atom. The number of hydrogen-bond acceptors (Lipinski definition) is 4. The summed E-state index contributed by atoms with van der Waals surface area (Å²) in [6.45, 7) is 0.956. The van der Waals surface area contributed by atoms with Gasteiger partial charge in [0.15, 0.2) is 0 Å². The summed E-state index contributed by atoms with van der Waals surface area (Å²) in [5.74, 6) is 0.186. The molecule has 28 heavy (non-hydrogen) atoms. The van der Waals surface area contributed by atoms with E-state index < -0.39 is 0 Å². The molecule has 0 saturated carbocycles. The van der Waals surface area contributed by atoms with E-state index in [0.29, 0.717) is 36.6 Å². The lowest BCUT2D eigenvalue weighted by molar-refractivity contribution is -0.127. The zero-order valence-electron chi connectivity index (χ0n) is 15.9. The van der Waals surface area contributed by atoms with Crippen LogP contribution >= 0.6 is 0 Å². The number of carbonyl (C=O) groups excluding carboxylic acids is 2. The first-order chi connectivity index (χ1) is 13.5. The molecule has 1 aliphatic heterocycles. The van der Waals surface area contributed by atoms with E-state index in [0.717, 1.165) is 5.56 Å². The van der Waals surface area contributed by atoms with Crippen molar-refractivity contribution in [2.45, 2.75) is 18.9 Å². The molecule has 0 unspecified atom stereocenters. The fourth-order valence-corrected chi connectivity index (χ4v) is 3.33. The minimum absolute atomic E-state index is 0.0144. The maximum atomic E-state index is 13.0. The Morgan fingerprint density at radius 2 is 1.79 bits per heavy atom. The van der Waals surface area contributed by atoms with E-state index in [4.69, 9.17) is 9.47 Å². The van der Waals surface area contributed by atoms with E-state index in [1.165, 1.54) is 26.4 Å². The third kappa shape index (κ3) is 4.42. The van der Waals surface area contributed by atoms with Crippen molar-refractivity contribution in [3.05, 3.63) is 59.4 Å². The van der Waals surface area contributed by atoms with Crippen LogP contribution in [0.1, 0.15) is 22.3 Å². The third-order valence-electron chi connectivity index (χ3n) is 4.79. The summed E-state index contributed by atoms with van der Waals surface area (Å²) >= 11 is 0. The van der Waals surface area contributed by atoms with Gasteiger partial charge < -0.3 is 19.7 Å². The lowest BCUT2D eigenvalue weighted by Gasteiger charge is -2.18. The number of halogens is 1. The number of benzene rings is 2. The zero-order valence-corrected chi connectivity index (χ0v) is 15.9. The van der Waals surface area contributed by atoms with Gasteiger partial charge in [0, 0.05) is 19.5 Å². The third-order valence-corrected chi connectivity index (χ3v) is 4.79. The van der Waals surface area contributed by atoms with Crippen molar-refractivity contribution in [2.24, 2.45) is 0 Å². The predicted octanol–water partition coefficient (Wildman–Crippen LogP) is 2.42. The van der Waals surface area contributed by atoms with Gasteiger partial charge in [0.2, 0.25) is 5.91 Å². The fourth-order valence-electron chi connectivity index (χ4n) is 3.33. The van der Waals surface area contributed by atoms with E-state index in [1.54, 1.807) is 35.2 Å². The summed E-state index contributed by atoms with van der Waals surface area (Å²) in [5.41, 5.74) is 1.27. The molecule has 1 heterocycles. The minimum atomic E-state index is -0.340. The summed E-state index contributed by atoms with van der Waals surface area (Å²) in [7, 11) is 2.98. The molecule has 2 amide bonds. The SMILES string of the molecule is COc1cccc(OC)c1C(=O)N[C@H]1CC(=O)N(CCc2ccc(F)cc2)C1. The first-order valence-electron chi connectivity index (χ1n) is 9.06. The Labute approximate surface area is 163 Å². The van der Waals surface area contributed by atoms with Crippen molar-refractivity contribution >= 4 is 11.8 Å². The first kappa shape index (κ1) is 19.7. The van der Waals surface area contributed by atoms with Gasteiger partial charge in [-0.2, -0.15) is 0 Å². The van der Waals surface area contributed by atoms with Gasteiger partial charge in [0.05, 0.1) is 20.3 Å². The Morgan fingerprint density at radius 3 is 2.39 bits per heavy atom. The van der Waals surface area contributed by atoms with Crippen LogP contribution in [-0.2, 0) is 11.2 Å². The number of ether oxygens (including phenoxy) is 2. The Bertz CT molecular complexity index is 832. The van der Waals surface area contributed by atoms with E-state index in [-0.39, 0.29) is 30.1 Å². The van der Waals surface area contributed by atoms with Gasteiger partial charge in [-0.3, -0.25) is 9.59 Å². The maximum Gasteiger partial charge on any atom is 0.259 e. The van der Waals surface area contributed by atoms with Crippen molar-refractivity contribution in [1.82, 2.24) is 10.2 Å². The molecule has 148 valence electrons. The second kappa shape index (κ2) is 8.73. The van der Waals surface area contributed by atoms with E-state index in [2.05, 4.69) is 5.32 Å². The van der Waals surface area contributed by atoms with E-state index >= 15 is 0 Å². The smallest absolute Gasteiger partial charge is 0.259 e. The summed E-state index contributed by atoms with van der Waals surface area (Å²) in [6.07, 6.45) is 0.875. The lowest BCUT2D eigenvalue weighted by Crippen LogP contribution is -2.37. The number of amides is 2. The van der Waals surface area contributed by atoms with Crippen LogP contribution in [0.25, 0.3) is 0 Å². The molecular formula is C21H23FN2O4. The van der Waals surface area contributed by atoms with Crippen LogP contribution in [0, 0.1) is 5.82 Å². The number of hydrogen-bond donors (Lipinski definition) is 1. The Hall–Kier alpha value is -3.09. The number of likely N-dealkylation sites (tertiary alicyclic amines) is 1. The van der Waals surface area contributed by atoms with Crippen molar-refractivity contribution < 1.29 is 23.5 Å². The summed E-state index contributed by atoms with van der Waals surface area (Å²) in [5, 5.41) is 2.90. The van der Waals surface area contributed by atoms with Crippen LogP contribution in [-0.4, -0.2) is 50.1 Å². The molecule has 2 aromatic carbocycles. The van der Waals surface area contributed by atoms with Crippen LogP contribution in [0.3, 0.4) is 0 Å². The molecule has 6 nitrogen and oxygen atoms in total. The topological polar surface area (TPSA) is 67.9 Å². The molecule has 0 bridgehead atoms. The number of carbonyl (C=O) groups is 2. The minimum Gasteiger partial charge on any atom is -0.496 e. The summed E-state index contributed by atoms with van der Waals surface area (Å²) in [6, 6.07) is 11.1. The Kier molecular flexibility index (Phi) is 6.13. The lowest BCUT2D eigenvalue weighted by atomic mass is 10.1. The van der Waals surface area contributed by atoms with Crippen molar-refractivity contribution in [3.63, 3.8) is 0 Å². The van der Waals surface area contributed by atoms with Crippen LogP contribution in [0.15, 0.2) is 42.5 Å². The standard InChI is InChI=1S/C21H23FN2O4/c1-27-17-4-3-5-18(28-2)20(17)21(26)23-16-12-19(25)24(13-16)11-10-14-6-8-15(22)9-7-14/h3-9,16H,10-13H2,1-2H3,(H,23,26)/t16-/m0/s1. The zero-order chi connectivity index (χ0) is 20.1. The van der Waals surface area contributed by atoms with Gasteiger partial charge in [-0.05, 0) is 36.2 Å². The molecule has 0 aliphatic carbocycles. The van der Waals surface area contributed by atoms with E-state index in [1.807, 2.05) is 0 Å². The first-order valence-corrected chi connectivity index (χ1v) is 9.06. The fraction of sp³-hybridized carbons (Fsp3) is 0.333. The van der Waals surface area contributed by atoms with Crippen LogP contribution in [0.2, 0.25) is 0 Å². The average Bonchev–Trinajstić information content (AvgIpc) is 3.05. The monoisotopic (exact) mass is 386 g/mol. The second-order valence-corrected chi connectivity index (χ2v) is 6.63. The van der Waals surface area contributed by atoms with Gasteiger partial charge in [0.1, 0.15) is 22.9 Å². The number of methoxy groups -OCH3 is 2. The van der Waals surface area contributed by atoms with Crippen molar-refractivity contribution in [2.75, 3.05) is 27.3 Å². The van der Waals surface area contributed by atoms with E-state index in [9.17, 15) is 14.0 Å². The molecule has 3 rings (SSSR count). The number of nitrogens with zero attached hydrogens (tertiary/aromatic N) is 1. The molecule has 0 radical (unpaired) electrons. The molecule has 1 fully saturated rings. The molecular weight excluding hydrogens is 363 g/mol. The molecule has 7 heteroatoms. The van der Waals surface area contributed by atoms with Gasteiger partial charge >= 0.3 is 0 Å². The van der Waals surface area contributed by atoms with Crippen molar-refractivity contribution in [1.29, 1.82) is 0 Å². The summed E-state index contributed by atoms with van der Waals surface area (Å²) < 4.78 is 23.5. The molecule has 2 aromatic rings. The maximum absolute atomic E-state index is 13.0. The highest BCUT2D eigenvalue weighted by Crippen LogP contribution is 2.28. The van der Waals surface area contributed by atoms with Crippen LogP contribution < -0.4 is 14.8 Å². The highest BCUT2D eigenvalue weighted by molar-refractivity contribution is 6.00. The van der Waals surface area contributed by atoms with Crippen molar-refractivity contribution in [3.8, 4) is 11.5 Å². The highest BCUT2D eigenvalue weighted by Gasteiger charge is 2.31.